The highest BCUT2D eigenvalue weighted by Gasteiger charge is 2.17. The van der Waals surface area contributed by atoms with E-state index in [1.165, 1.54) is 12.1 Å². The molecule has 0 aromatic heterocycles. The summed E-state index contributed by atoms with van der Waals surface area (Å²) in [5.41, 5.74) is -0.567. The van der Waals surface area contributed by atoms with Crippen LogP contribution in [0.3, 0.4) is 0 Å². The summed E-state index contributed by atoms with van der Waals surface area (Å²) in [6.07, 6.45) is 4.99. The number of hydrogen-bond acceptors (Lipinski definition) is 5. The summed E-state index contributed by atoms with van der Waals surface area (Å²) in [5, 5.41) is 0. The molecule has 0 unspecified atom stereocenters. The summed E-state index contributed by atoms with van der Waals surface area (Å²) in [5.74, 6) is -1.47. The molecule has 0 bridgehead atoms. The topological polar surface area (TPSA) is 89.5 Å². The lowest BCUT2D eigenvalue weighted by Crippen LogP contribution is -2.24. The second kappa shape index (κ2) is 8.53. The molecular weight excluding hydrogens is 380 g/mol. The van der Waals surface area contributed by atoms with Crippen LogP contribution in [-0.2, 0) is 14.8 Å². The van der Waals surface area contributed by atoms with Gasteiger partial charge in [-0.1, -0.05) is 5.92 Å². The van der Waals surface area contributed by atoms with Crippen LogP contribution in [0.5, 0.6) is 0 Å². The molecule has 27 heavy (non-hydrogen) atoms. The maximum absolute atomic E-state index is 13.5. The van der Waals surface area contributed by atoms with Gasteiger partial charge in [-0.15, -0.1) is 6.42 Å². The zero-order chi connectivity index (χ0) is 20.0. The molecule has 2 aromatic carbocycles. The molecule has 2 aromatic rings. The maximum Gasteiger partial charge on any atom is 0.338 e. The van der Waals surface area contributed by atoms with E-state index in [4.69, 9.17) is 11.2 Å². The molecule has 0 radical (unpaired) electrons. The Bertz CT molecular complexity index is 1010. The van der Waals surface area contributed by atoms with E-state index >= 15 is 0 Å². The van der Waals surface area contributed by atoms with Crippen LogP contribution in [-0.4, -0.2) is 33.3 Å². The minimum atomic E-state index is -3.81. The second-order valence-corrected chi connectivity index (χ2v) is 6.94. The SMILES string of the molecule is C#CCNS(=O)(=O)c1ccc(C(=O)OCC(=O)c2cc(F)ccc2F)cc1. The Morgan fingerprint density at radius 3 is 2.41 bits per heavy atom. The first kappa shape index (κ1) is 20.2. The van der Waals surface area contributed by atoms with Gasteiger partial charge in [0.05, 0.1) is 22.6 Å². The van der Waals surface area contributed by atoms with Gasteiger partial charge < -0.3 is 4.74 Å². The van der Waals surface area contributed by atoms with Gasteiger partial charge in [0.15, 0.2) is 6.61 Å². The molecule has 0 aliphatic carbocycles. The summed E-state index contributed by atoms with van der Waals surface area (Å²) >= 11 is 0. The first-order valence-electron chi connectivity index (χ1n) is 7.43. The Morgan fingerprint density at radius 2 is 1.78 bits per heavy atom. The highest BCUT2D eigenvalue weighted by atomic mass is 32.2. The van der Waals surface area contributed by atoms with Crippen molar-refractivity contribution in [2.45, 2.75) is 4.90 Å². The van der Waals surface area contributed by atoms with Gasteiger partial charge in [0.1, 0.15) is 11.6 Å². The fraction of sp³-hybridized carbons (Fsp3) is 0.111. The van der Waals surface area contributed by atoms with E-state index in [-0.39, 0.29) is 17.0 Å². The first-order valence-corrected chi connectivity index (χ1v) is 8.91. The second-order valence-electron chi connectivity index (χ2n) is 5.18. The fourth-order valence-corrected chi connectivity index (χ4v) is 2.93. The number of hydrogen-bond donors (Lipinski definition) is 1. The van der Waals surface area contributed by atoms with Gasteiger partial charge in [0.2, 0.25) is 15.8 Å². The number of ether oxygens (including phenoxy) is 1. The van der Waals surface area contributed by atoms with Crippen molar-refractivity contribution in [3.8, 4) is 12.3 Å². The van der Waals surface area contributed by atoms with Crippen molar-refractivity contribution in [2.24, 2.45) is 0 Å². The van der Waals surface area contributed by atoms with Crippen molar-refractivity contribution in [3.63, 3.8) is 0 Å². The average Bonchev–Trinajstić information content (AvgIpc) is 2.66. The number of carbonyl (C=O) groups excluding carboxylic acids is 2. The standard InChI is InChI=1S/C18H13F2NO5S/c1-2-9-21-27(24,25)14-6-3-12(4-7-14)18(23)26-11-17(22)15-10-13(19)5-8-16(15)20/h1,3-8,10,21H,9,11H2. The van der Waals surface area contributed by atoms with E-state index in [0.29, 0.717) is 6.07 Å². The third-order valence-corrected chi connectivity index (χ3v) is 4.74. The highest BCUT2D eigenvalue weighted by Crippen LogP contribution is 2.13. The number of nitrogens with one attached hydrogen (secondary N) is 1. The molecule has 1 N–H and O–H groups in total. The Balaban J connectivity index is 2.03. The van der Waals surface area contributed by atoms with Crippen molar-refractivity contribution in [1.82, 2.24) is 4.72 Å². The van der Waals surface area contributed by atoms with Crippen LogP contribution in [0.1, 0.15) is 20.7 Å². The molecule has 6 nitrogen and oxygen atoms in total. The Kier molecular flexibility index (Phi) is 6.39. The van der Waals surface area contributed by atoms with E-state index < -0.39 is 45.6 Å². The van der Waals surface area contributed by atoms with Gasteiger partial charge >= 0.3 is 5.97 Å². The van der Waals surface area contributed by atoms with E-state index in [0.717, 1.165) is 24.3 Å². The zero-order valence-corrected chi connectivity index (χ0v) is 14.6. The molecule has 0 saturated heterocycles. The van der Waals surface area contributed by atoms with Crippen molar-refractivity contribution in [1.29, 1.82) is 0 Å². The molecule has 0 heterocycles. The monoisotopic (exact) mass is 393 g/mol. The number of benzene rings is 2. The number of Topliss-reactive ketones (excluding diaryl/α,β-unsaturated/α-hetero) is 1. The molecule has 0 saturated carbocycles. The normalized spacial score (nSPS) is 10.9. The van der Waals surface area contributed by atoms with Gasteiger partial charge in [-0.25, -0.2) is 22.0 Å². The zero-order valence-electron chi connectivity index (χ0n) is 13.7. The number of halogens is 2. The average molecular weight is 393 g/mol. The van der Waals surface area contributed by atoms with Crippen molar-refractivity contribution >= 4 is 21.8 Å². The van der Waals surface area contributed by atoms with Crippen LogP contribution in [0.2, 0.25) is 0 Å². The Hall–Kier alpha value is -3.09. The molecule has 0 atom stereocenters. The van der Waals surface area contributed by atoms with E-state index in [2.05, 4.69) is 10.6 Å². The number of rotatable bonds is 7. The third-order valence-electron chi connectivity index (χ3n) is 3.33. The largest absolute Gasteiger partial charge is 0.454 e. The minimum Gasteiger partial charge on any atom is -0.454 e. The van der Waals surface area contributed by atoms with E-state index in [1.54, 1.807) is 0 Å². The molecule has 0 aliphatic heterocycles. The van der Waals surface area contributed by atoms with Gasteiger partial charge in [0.25, 0.3) is 0 Å². The molecule has 9 heteroatoms. The lowest BCUT2D eigenvalue weighted by molar-refractivity contribution is 0.0473. The molecule has 0 fully saturated rings. The van der Waals surface area contributed by atoms with Gasteiger partial charge in [0, 0.05) is 0 Å². The van der Waals surface area contributed by atoms with Gasteiger partial charge in [-0.05, 0) is 42.5 Å². The maximum atomic E-state index is 13.5. The number of ketones is 1. The fourth-order valence-electron chi connectivity index (χ4n) is 1.99. The predicted molar refractivity (Wildman–Crippen MR) is 91.4 cm³/mol. The van der Waals surface area contributed by atoms with Crippen molar-refractivity contribution in [3.05, 3.63) is 65.2 Å². The molecular formula is C18H13F2NO5S. The molecule has 0 aliphatic rings. The van der Waals surface area contributed by atoms with Crippen molar-refractivity contribution < 1.29 is 31.5 Å². The number of esters is 1. The number of carbonyl (C=O) groups is 2. The summed E-state index contributed by atoms with van der Waals surface area (Å²) < 4.78 is 57.3. The van der Waals surface area contributed by atoms with E-state index in [1.807, 2.05) is 0 Å². The van der Waals surface area contributed by atoms with Crippen LogP contribution in [0, 0.1) is 24.0 Å². The van der Waals surface area contributed by atoms with E-state index in [9.17, 15) is 26.8 Å². The van der Waals surface area contributed by atoms with Crippen LogP contribution in [0.15, 0.2) is 47.4 Å². The van der Waals surface area contributed by atoms with Crippen LogP contribution in [0.4, 0.5) is 8.78 Å². The van der Waals surface area contributed by atoms with Gasteiger partial charge in [-0.3, -0.25) is 4.79 Å². The van der Waals surface area contributed by atoms with Gasteiger partial charge in [-0.2, -0.15) is 4.72 Å². The lowest BCUT2D eigenvalue weighted by Gasteiger charge is -2.07. The predicted octanol–water partition coefficient (Wildman–Crippen LogP) is 1.92. The lowest BCUT2D eigenvalue weighted by atomic mass is 10.1. The van der Waals surface area contributed by atoms with Crippen LogP contribution in [0.25, 0.3) is 0 Å². The minimum absolute atomic E-state index is 0.0292. The molecule has 140 valence electrons. The quantitative estimate of drug-likeness (QED) is 0.441. The summed E-state index contributed by atoms with van der Waals surface area (Å²) in [4.78, 5) is 23.7. The third kappa shape index (κ3) is 5.20. The van der Waals surface area contributed by atoms with Crippen LogP contribution < -0.4 is 4.72 Å². The first-order chi connectivity index (χ1) is 12.7. The highest BCUT2D eigenvalue weighted by molar-refractivity contribution is 7.89. The van der Waals surface area contributed by atoms with Crippen molar-refractivity contribution in [2.75, 3.05) is 13.2 Å². The summed E-state index contributed by atoms with van der Waals surface area (Å²) in [6.45, 7) is -0.992. The smallest absolute Gasteiger partial charge is 0.338 e. The summed E-state index contributed by atoms with van der Waals surface area (Å²) in [6, 6.07) is 7.02. The molecule has 0 spiro atoms. The van der Waals surface area contributed by atoms with Crippen LogP contribution >= 0.6 is 0 Å². The molecule has 2 rings (SSSR count). The Labute approximate surface area is 154 Å². The number of terminal acetylenes is 1. The molecule has 0 amide bonds. The number of sulfonamides is 1. The Morgan fingerprint density at radius 1 is 1.11 bits per heavy atom. The summed E-state index contributed by atoms with van der Waals surface area (Å²) in [7, 11) is -3.81.